The highest BCUT2D eigenvalue weighted by Gasteiger charge is 2.41. The van der Waals surface area contributed by atoms with Crippen molar-refractivity contribution in [1.82, 2.24) is 0 Å². The Kier molecular flexibility index (Phi) is 10.4. The molecular formula is C70H49N. The van der Waals surface area contributed by atoms with Crippen molar-refractivity contribution in [1.29, 1.82) is 0 Å². The van der Waals surface area contributed by atoms with Gasteiger partial charge in [0.2, 0.25) is 0 Å². The molecule has 1 aliphatic carbocycles. The molecule has 0 aromatic heterocycles. The maximum Gasteiger partial charge on any atom is 0.0546 e. The van der Waals surface area contributed by atoms with E-state index >= 15 is 0 Å². The number of benzene rings is 12. The minimum absolute atomic E-state index is 0.345. The fourth-order valence-corrected chi connectivity index (χ4v) is 11.6. The topological polar surface area (TPSA) is 3.24 Å². The van der Waals surface area contributed by atoms with Crippen LogP contribution in [0.4, 0.5) is 17.1 Å². The molecule has 1 unspecified atom stereocenters. The SMILES string of the molecule is CC1(c2ccccc2)c2ccccc2-c2ccc(-c3ccccc3N(c3cc(-c4cccc5ccccc45)ccc3-c3ccccc3)c3ccccc3-c3cccc4cccc(-c5ccccc5)c34)cc21. The molecule has 0 spiro atoms. The molecule has 0 N–H and O–H groups in total. The van der Waals surface area contributed by atoms with Crippen molar-refractivity contribution >= 4 is 38.6 Å². The van der Waals surface area contributed by atoms with Crippen molar-refractivity contribution < 1.29 is 0 Å². The van der Waals surface area contributed by atoms with Gasteiger partial charge in [-0.3, -0.25) is 0 Å². The Bertz CT molecular complexity index is 3940. The minimum Gasteiger partial charge on any atom is -0.309 e. The summed E-state index contributed by atoms with van der Waals surface area (Å²) in [5, 5.41) is 4.88. The predicted molar refractivity (Wildman–Crippen MR) is 301 cm³/mol. The molecule has 13 rings (SSSR count). The fraction of sp³-hybridized carbons (Fsp3) is 0.0286. The average Bonchev–Trinajstić information content (AvgIpc) is 3.71. The zero-order chi connectivity index (χ0) is 47.3. The van der Waals surface area contributed by atoms with Crippen molar-refractivity contribution in [2.75, 3.05) is 4.90 Å². The molecule has 334 valence electrons. The molecule has 0 radical (unpaired) electrons. The summed E-state index contributed by atoms with van der Waals surface area (Å²) in [6, 6.07) is 103. The third-order valence-electron chi connectivity index (χ3n) is 15.0. The van der Waals surface area contributed by atoms with E-state index in [1.807, 2.05) is 0 Å². The van der Waals surface area contributed by atoms with Crippen LogP contribution in [0.1, 0.15) is 23.6 Å². The van der Waals surface area contributed by atoms with E-state index in [0.29, 0.717) is 0 Å². The maximum atomic E-state index is 2.56. The van der Waals surface area contributed by atoms with Crippen LogP contribution in [0.15, 0.2) is 279 Å². The molecule has 0 bridgehead atoms. The Morgan fingerprint density at radius 1 is 0.268 bits per heavy atom. The second-order valence-electron chi connectivity index (χ2n) is 18.9. The number of hydrogen-bond acceptors (Lipinski definition) is 1. The summed E-state index contributed by atoms with van der Waals surface area (Å²) in [7, 11) is 0. The number of nitrogens with zero attached hydrogens (tertiary/aromatic N) is 1. The van der Waals surface area contributed by atoms with E-state index in [1.165, 1.54) is 77.2 Å². The van der Waals surface area contributed by atoms with Crippen LogP contribution in [0.3, 0.4) is 0 Å². The standard InChI is InChI=1S/C70H49N/c1-70(54-30-9-4-10-31-54)64-39-16-13-34-60(64)61-45-43-52(46-65(61)70)57-33-14-17-40-66(57)71(67-41-18-15-35-62(67)63-38-21-29-51-28-20-37-59(69(51)63)50-24-7-3-8-25-50)68-47-53(42-44-58(68)49-22-5-2-6-23-49)56-36-19-27-48-26-11-12-32-55(48)56/h2-47H,1H3. The Hall–Kier alpha value is -9.04. The Balaban J connectivity index is 1.11. The molecule has 0 aliphatic heterocycles. The van der Waals surface area contributed by atoms with Gasteiger partial charge in [0.25, 0.3) is 0 Å². The first-order valence-electron chi connectivity index (χ1n) is 24.7. The molecule has 1 heteroatoms. The normalized spacial score (nSPS) is 13.8. The van der Waals surface area contributed by atoms with Crippen LogP contribution in [0.25, 0.3) is 88.3 Å². The van der Waals surface area contributed by atoms with Crippen molar-refractivity contribution in [3.05, 3.63) is 296 Å². The van der Waals surface area contributed by atoms with Gasteiger partial charge in [-0.25, -0.2) is 0 Å². The molecule has 12 aromatic carbocycles. The van der Waals surface area contributed by atoms with E-state index in [9.17, 15) is 0 Å². The fourth-order valence-electron chi connectivity index (χ4n) is 11.6. The van der Waals surface area contributed by atoms with Gasteiger partial charge in [0, 0.05) is 22.1 Å². The molecule has 0 saturated carbocycles. The lowest BCUT2D eigenvalue weighted by molar-refractivity contribution is 0.714. The number of hydrogen-bond donors (Lipinski definition) is 0. The zero-order valence-electron chi connectivity index (χ0n) is 39.5. The van der Waals surface area contributed by atoms with Gasteiger partial charge in [-0.2, -0.15) is 0 Å². The first kappa shape index (κ1) is 42.1. The molecule has 1 nitrogen and oxygen atoms in total. The van der Waals surface area contributed by atoms with Crippen molar-refractivity contribution in [3.63, 3.8) is 0 Å². The number of fused-ring (bicyclic) bond motifs is 5. The lowest BCUT2D eigenvalue weighted by Gasteiger charge is -2.33. The van der Waals surface area contributed by atoms with Crippen LogP contribution < -0.4 is 4.90 Å². The van der Waals surface area contributed by atoms with Crippen LogP contribution in [0.5, 0.6) is 0 Å². The summed E-state index contributed by atoms with van der Waals surface area (Å²) < 4.78 is 0. The third kappa shape index (κ3) is 7.08. The molecule has 1 aliphatic rings. The van der Waals surface area contributed by atoms with Crippen LogP contribution in [0.2, 0.25) is 0 Å². The molecule has 12 aromatic rings. The zero-order valence-corrected chi connectivity index (χ0v) is 39.5. The third-order valence-corrected chi connectivity index (χ3v) is 15.0. The largest absolute Gasteiger partial charge is 0.309 e. The van der Waals surface area contributed by atoms with Gasteiger partial charge in [-0.05, 0) is 119 Å². The number of para-hydroxylation sites is 2. The van der Waals surface area contributed by atoms with E-state index in [4.69, 9.17) is 0 Å². The smallest absolute Gasteiger partial charge is 0.0546 e. The first-order chi connectivity index (χ1) is 35.1. The summed E-state index contributed by atoms with van der Waals surface area (Å²) in [6.07, 6.45) is 0. The lowest BCUT2D eigenvalue weighted by Crippen LogP contribution is -2.22. The number of rotatable bonds is 9. The van der Waals surface area contributed by atoms with E-state index in [0.717, 1.165) is 44.9 Å². The van der Waals surface area contributed by atoms with Gasteiger partial charge < -0.3 is 4.90 Å². The lowest BCUT2D eigenvalue weighted by atomic mass is 9.74. The van der Waals surface area contributed by atoms with Crippen molar-refractivity contribution in [3.8, 4) is 66.8 Å². The van der Waals surface area contributed by atoms with Gasteiger partial charge in [0.05, 0.1) is 17.1 Å². The quantitative estimate of drug-likeness (QED) is 0.139. The van der Waals surface area contributed by atoms with Crippen LogP contribution >= 0.6 is 0 Å². The summed E-state index contributed by atoms with van der Waals surface area (Å²) in [5.41, 5.74) is 21.1. The predicted octanol–water partition coefficient (Wildman–Crippen LogP) is 19.1. The van der Waals surface area contributed by atoms with Gasteiger partial charge in [-0.15, -0.1) is 0 Å². The average molecular weight is 904 g/mol. The Morgan fingerprint density at radius 2 is 0.732 bits per heavy atom. The maximum absolute atomic E-state index is 2.56. The monoisotopic (exact) mass is 903 g/mol. The second kappa shape index (κ2) is 17.5. The van der Waals surface area contributed by atoms with Crippen molar-refractivity contribution in [2.24, 2.45) is 0 Å². The minimum atomic E-state index is -0.345. The molecule has 0 heterocycles. The van der Waals surface area contributed by atoms with E-state index in [-0.39, 0.29) is 5.41 Å². The molecule has 1 atom stereocenters. The van der Waals surface area contributed by atoms with Gasteiger partial charge in [0.15, 0.2) is 0 Å². The summed E-state index contributed by atoms with van der Waals surface area (Å²) in [5.74, 6) is 0. The molecule has 0 fully saturated rings. The summed E-state index contributed by atoms with van der Waals surface area (Å²) in [4.78, 5) is 2.56. The van der Waals surface area contributed by atoms with E-state index < -0.39 is 0 Å². The highest BCUT2D eigenvalue weighted by atomic mass is 15.1. The Labute approximate surface area is 416 Å². The molecule has 71 heavy (non-hydrogen) atoms. The highest BCUT2D eigenvalue weighted by Crippen LogP contribution is 2.55. The van der Waals surface area contributed by atoms with E-state index in [2.05, 4.69) is 291 Å². The van der Waals surface area contributed by atoms with Crippen molar-refractivity contribution in [2.45, 2.75) is 12.3 Å². The highest BCUT2D eigenvalue weighted by molar-refractivity contribution is 6.10. The molecule has 0 saturated heterocycles. The van der Waals surface area contributed by atoms with Gasteiger partial charge in [-0.1, -0.05) is 255 Å². The molecular weight excluding hydrogens is 855 g/mol. The second-order valence-corrected chi connectivity index (χ2v) is 18.9. The summed E-state index contributed by atoms with van der Waals surface area (Å²) >= 11 is 0. The van der Waals surface area contributed by atoms with Gasteiger partial charge >= 0.3 is 0 Å². The van der Waals surface area contributed by atoms with Crippen LogP contribution in [-0.2, 0) is 5.41 Å². The summed E-state index contributed by atoms with van der Waals surface area (Å²) in [6.45, 7) is 2.41. The molecule has 0 amide bonds. The van der Waals surface area contributed by atoms with E-state index in [1.54, 1.807) is 0 Å². The first-order valence-corrected chi connectivity index (χ1v) is 24.7. The van der Waals surface area contributed by atoms with Gasteiger partial charge in [0.1, 0.15) is 0 Å². The van der Waals surface area contributed by atoms with Crippen LogP contribution in [0, 0.1) is 0 Å². The number of anilines is 3. The Morgan fingerprint density at radius 3 is 1.46 bits per heavy atom. The van der Waals surface area contributed by atoms with Crippen LogP contribution in [-0.4, -0.2) is 0 Å².